The Balaban J connectivity index is 2.78. The van der Waals surface area contributed by atoms with Gasteiger partial charge in [0.05, 0.1) is 5.75 Å². The van der Waals surface area contributed by atoms with Crippen LogP contribution >= 0.6 is 0 Å². The molecule has 5 nitrogen and oxygen atoms in total. The van der Waals surface area contributed by atoms with Crippen molar-refractivity contribution in [3.05, 3.63) is 0 Å². The van der Waals surface area contributed by atoms with Gasteiger partial charge in [0.1, 0.15) is 0 Å². The van der Waals surface area contributed by atoms with E-state index in [1.807, 2.05) is 7.05 Å². The molecule has 0 amide bonds. The Kier molecular flexibility index (Phi) is 3.88. The number of nitrogens with two attached hydrogens (primary N) is 1. The molecule has 0 spiro atoms. The molecular formula is C8H19N3O2S. The first kappa shape index (κ1) is 11.9. The van der Waals surface area contributed by atoms with Crippen molar-refractivity contribution in [3.8, 4) is 0 Å². The lowest BCUT2D eigenvalue weighted by Gasteiger charge is -2.38. The van der Waals surface area contributed by atoms with Crippen LogP contribution in [0.25, 0.3) is 0 Å². The van der Waals surface area contributed by atoms with Crippen LogP contribution in [-0.4, -0.2) is 62.6 Å². The van der Waals surface area contributed by atoms with E-state index in [2.05, 4.69) is 4.90 Å². The summed E-state index contributed by atoms with van der Waals surface area (Å²) < 4.78 is 24.9. The Morgan fingerprint density at radius 1 is 1.43 bits per heavy atom. The van der Waals surface area contributed by atoms with E-state index in [0.29, 0.717) is 13.1 Å². The van der Waals surface area contributed by atoms with Crippen LogP contribution in [0.2, 0.25) is 0 Å². The van der Waals surface area contributed by atoms with Crippen LogP contribution in [0.15, 0.2) is 0 Å². The zero-order valence-electron chi connectivity index (χ0n) is 8.81. The predicted octanol–water partition coefficient (Wildman–Crippen LogP) is -1.09. The molecule has 0 aliphatic carbocycles. The van der Waals surface area contributed by atoms with Crippen molar-refractivity contribution in [1.82, 2.24) is 9.21 Å². The highest BCUT2D eigenvalue weighted by molar-refractivity contribution is 7.89. The van der Waals surface area contributed by atoms with Crippen LogP contribution in [0.5, 0.6) is 0 Å². The number of hydrogen-bond donors (Lipinski definition) is 1. The summed E-state index contributed by atoms with van der Waals surface area (Å²) in [4.78, 5) is 2.11. The minimum atomic E-state index is -3.08. The minimum absolute atomic E-state index is 0.0568. The largest absolute Gasteiger partial charge is 0.329 e. The number of hydrogen-bond acceptors (Lipinski definition) is 4. The van der Waals surface area contributed by atoms with Crippen molar-refractivity contribution < 1.29 is 8.42 Å². The van der Waals surface area contributed by atoms with E-state index in [9.17, 15) is 8.42 Å². The Hall–Kier alpha value is -0.170. The molecule has 1 atom stereocenters. The third-order valence-electron chi connectivity index (χ3n) is 2.63. The molecular weight excluding hydrogens is 202 g/mol. The molecule has 1 saturated heterocycles. The number of sulfonamides is 1. The second kappa shape index (κ2) is 4.57. The maximum Gasteiger partial charge on any atom is 0.214 e. The molecule has 14 heavy (non-hydrogen) atoms. The molecule has 1 aliphatic heterocycles. The molecule has 2 N–H and O–H groups in total. The van der Waals surface area contributed by atoms with Crippen LogP contribution in [0.4, 0.5) is 0 Å². The molecule has 84 valence electrons. The van der Waals surface area contributed by atoms with Crippen LogP contribution in [0.3, 0.4) is 0 Å². The summed E-state index contributed by atoms with van der Waals surface area (Å²) >= 11 is 0. The number of piperazine rings is 1. The van der Waals surface area contributed by atoms with Crippen molar-refractivity contribution in [1.29, 1.82) is 0 Å². The summed E-state index contributed by atoms with van der Waals surface area (Å²) in [5.74, 6) is 0.160. The molecule has 0 aromatic heterocycles. The lowest BCUT2D eigenvalue weighted by Crippen LogP contribution is -2.56. The molecule has 0 aromatic carbocycles. The Labute approximate surface area is 85.9 Å². The van der Waals surface area contributed by atoms with Gasteiger partial charge in [-0.15, -0.1) is 0 Å². The Morgan fingerprint density at radius 2 is 2.07 bits per heavy atom. The van der Waals surface area contributed by atoms with E-state index in [1.165, 1.54) is 0 Å². The monoisotopic (exact) mass is 221 g/mol. The summed E-state index contributed by atoms with van der Waals surface area (Å²) in [6.07, 6.45) is 0. The van der Waals surface area contributed by atoms with E-state index >= 15 is 0 Å². The van der Waals surface area contributed by atoms with Gasteiger partial charge in [0, 0.05) is 32.2 Å². The number of likely N-dealkylation sites (N-methyl/N-ethyl adjacent to an activating group) is 1. The summed E-state index contributed by atoms with van der Waals surface area (Å²) in [7, 11) is -1.09. The van der Waals surface area contributed by atoms with E-state index in [-0.39, 0.29) is 11.8 Å². The summed E-state index contributed by atoms with van der Waals surface area (Å²) in [5.41, 5.74) is 5.57. The first-order chi connectivity index (χ1) is 6.51. The van der Waals surface area contributed by atoms with Gasteiger partial charge in [0.15, 0.2) is 0 Å². The van der Waals surface area contributed by atoms with Gasteiger partial charge < -0.3 is 10.6 Å². The predicted molar refractivity (Wildman–Crippen MR) is 56.5 cm³/mol. The van der Waals surface area contributed by atoms with Crippen molar-refractivity contribution >= 4 is 10.0 Å². The van der Waals surface area contributed by atoms with Gasteiger partial charge in [-0.1, -0.05) is 0 Å². The van der Waals surface area contributed by atoms with E-state index < -0.39 is 10.0 Å². The SMILES string of the molecule is CCS(=O)(=O)N1CCN(C)CC1CN. The van der Waals surface area contributed by atoms with Crippen molar-refractivity contribution in [2.24, 2.45) is 5.73 Å². The van der Waals surface area contributed by atoms with Gasteiger partial charge >= 0.3 is 0 Å². The first-order valence-electron chi connectivity index (χ1n) is 4.89. The Morgan fingerprint density at radius 3 is 2.57 bits per heavy atom. The van der Waals surface area contributed by atoms with Crippen molar-refractivity contribution in [2.45, 2.75) is 13.0 Å². The molecule has 0 radical (unpaired) electrons. The van der Waals surface area contributed by atoms with E-state index in [4.69, 9.17) is 5.73 Å². The highest BCUT2D eigenvalue weighted by Gasteiger charge is 2.31. The fourth-order valence-electron chi connectivity index (χ4n) is 1.72. The van der Waals surface area contributed by atoms with Crippen LogP contribution in [0.1, 0.15) is 6.92 Å². The molecule has 0 saturated carbocycles. The third-order valence-corrected chi connectivity index (χ3v) is 4.55. The Bertz CT molecular complexity index is 278. The van der Waals surface area contributed by atoms with Gasteiger partial charge in [-0.2, -0.15) is 4.31 Å². The zero-order chi connectivity index (χ0) is 10.8. The lowest BCUT2D eigenvalue weighted by atomic mass is 10.2. The average Bonchev–Trinajstić information content (AvgIpc) is 2.17. The highest BCUT2D eigenvalue weighted by atomic mass is 32.2. The summed E-state index contributed by atoms with van der Waals surface area (Å²) in [6.45, 7) is 4.14. The number of rotatable bonds is 3. The second-order valence-electron chi connectivity index (χ2n) is 3.66. The summed E-state index contributed by atoms with van der Waals surface area (Å²) in [6, 6.07) is -0.0568. The van der Waals surface area contributed by atoms with Crippen LogP contribution in [0, 0.1) is 0 Å². The van der Waals surface area contributed by atoms with Crippen LogP contribution in [-0.2, 0) is 10.0 Å². The van der Waals surface area contributed by atoms with E-state index in [1.54, 1.807) is 11.2 Å². The topological polar surface area (TPSA) is 66.6 Å². The van der Waals surface area contributed by atoms with Gasteiger partial charge in [-0.05, 0) is 14.0 Å². The molecule has 6 heteroatoms. The second-order valence-corrected chi connectivity index (χ2v) is 5.87. The maximum absolute atomic E-state index is 11.7. The molecule has 0 aromatic rings. The average molecular weight is 221 g/mol. The minimum Gasteiger partial charge on any atom is -0.329 e. The molecule has 1 fully saturated rings. The maximum atomic E-state index is 11.7. The molecule has 1 heterocycles. The van der Waals surface area contributed by atoms with Gasteiger partial charge in [-0.3, -0.25) is 0 Å². The van der Waals surface area contributed by atoms with Gasteiger partial charge in [0.2, 0.25) is 10.0 Å². The smallest absolute Gasteiger partial charge is 0.214 e. The normalized spacial score (nSPS) is 26.6. The van der Waals surface area contributed by atoms with Crippen molar-refractivity contribution in [2.75, 3.05) is 39.0 Å². The fraction of sp³-hybridized carbons (Fsp3) is 1.00. The third kappa shape index (κ3) is 2.44. The highest BCUT2D eigenvalue weighted by Crippen LogP contribution is 2.12. The van der Waals surface area contributed by atoms with E-state index in [0.717, 1.165) is 13.1 Å². The van der Waals surface area contributed by atoms with Gasteiger partial charge in [-0.25, -0.2) is 8.42 Å². The molecule has 1 rings (SSSR count). The lowest BCUT2D eigenvalue weighted by molar-refractivity contribution is 0.164. The van der Waals surface area contributed by atoms with Gasteiger partial charge in [0.25, 0.3) is 0 Å². The van der Waals surface area contributed by atoms with Crippen LogP contribution < -0.4 is 5.73 Å². The fourth-order valence-corrected chi connectivity index (χ4v) is 3.02. The summed E-state index contributed by atoms with van der Waals surface area (Å²) in [5, 5.41) is 0. The standard InChI is InChI=1S/C8H19N3O2S/c1-3-14(12,13)11-5-4-10(2)7-8(11)6-9/h8H,3-7,9H2,1-2H3. The first-order valence-corrected chi connectivity index (χ1v) is 6.50. The van der Waals surface area contributed by atoms with Crippen molar-refractivity contribution in [3.63, 3.8) is 0 Å². The zero-order valence-corrected chi connectivity index (χ0v) is 9.63. The molecule has 1 aliphatic rings. The quantitative estimate of drug-likeness (QED) is 0.658. The number of nitrogens with zero attached hydrogens (tertiary/aromatic N) is 2. The molecule has 1 unspecified atom stereocenters. The molecule has 0 bridgehead atoms.